The molecule has 1 atom stereocenters. The molecule has 1 aromatic heterocycles. The summed E-state index contributed by atoms with van der Waals surface area (Å²) in [6.45, 7) is 0. The van der Waals surface area contributed by atoms with Crippen LogP contribution in [0.4, 0.5) is 14.5 Å². The van der Waals surface area contributed by atoms with Gasteiger partial charge in [0.05, 0.1) is 10.6 Å². The molecule has 3 aromatic rings. The lowest BCUT2D eigenvalue weighted by atomic mass is 10.0. The number of likely N-dealkylation sites (N-methyl/N-ethyl adjacent to an activating group) is 1. The van der Waals surface area contributed by atoms with Crippen molar-refractivity contribution in [3.63, 3.8) is 0 Å². The first-order valence-corrected chi connectivity index (χ1v) is 10.7. The number of hydrogen-bond acceptors (Lipinski definition) is 5. The lowest BCUT2D eigenvalue weighted by molar-refractivity contribution is -0.122. The van der Waals surface area contributed by atoms with E-state index in [1.54, 1.807) is 0 Å². The normalized spacial score (nSPS) is 12.0. The molecule has 166 valence electrons. The van der Waals surface area contributed by atoms with E-state index in [0.717, 1.165) is 12.1 Å². The minimum Gasteiger partial charge on any atom is -0.357 e. The number of anilines is 1. The number of halogens is 2. The minimum absolute atomic E-state index is 0.0392. The summed E-state index contributed by atoms with van der Waals surface area (Å²) in [4.78, 5) is 28.5. The molecule has 2 aromatic carbocycles. The van der Waals surface area contributed by atoms with Gasteiger partial charge in [-0.1, -0.05) is 6.07 Å². The van der Waals surface area contributed by atoms with Gasteiger partial charge in [-0.05, 0) is 54.1 Å². The average molecular weight is 460 g/mol. The molecule has 2 amide bonds. The van der Waals surface area contributed by atoms with Crippen LogP contribution in [0.15, 0.2) is 71.9 Å². The lowest BCUT2D eigenvalue weighted by Gasteiger charge is -2.18. The Kier molecular flexibility index (Phi) is 6.79. The van der Waals surface area contributed by atoms with Crippen molar-refractivity contribution in [3.05, 3.63) is 89.8 Å². The largest absolute Gasteiger partial charge is 0.357 e. The molecule has 1 unspecified atom stereocenters. The summed E-state index contributed by atoms with van der Waals surface area (Å²) >= 11 is 0. The molecule has 0 fully saturated rings. The molecule has 0 aliphatic rings. The van der Waals surface area contributed by atoms with Gasteiger partial charge in [0.15, 0.2) is 11.6 Å². The number of benzene rings is 2. The van der Waals surface area contributed by atoms with E-state index in [2.05, 4.69) is 20.3 Å². The smallest absolute Gasteiger partial charge is 0.261 e. The molecule has 11 heteroatoms. The highest BCUT2D eigenvalue weighted by atomic mass is 32.2. The zero-order chi connectivity index (χ0) is 23.3. The molecule has 3 N–H and O–H groups in total. The second kappa shape index (κ2) is 9.52. The second-order valence-electron chi connectivity index (χ2n) is 6.56. The Bertz CT molecular complexity index is 1240. The third-order valence-corrected chi connectivity index (χ3v) is 5.82. The van der Waals surface area contributed by atoms with Crippen LogP contribution in [0.2, 0.25) is 0 Å². The number of carbonyl (C=O) groups is 2. The first kappa shape index (κ1) is 22.8. The molecule has 0 spiro atoms. The summed E-state index contributed by atoms with van der Waals surface area (Å²) in [5.41, 5.74) is 0.420. The zero-order valence-electron chi connectivity index (χ0n) is 16.7. The van der Waals surface area contributed by atoms with E-state index in [0.29, 0.717) is 5.69 Å². The maximum atomic E-state index is 13.6. The predicted molar refractivity (Wildman–Crippen MR) is 112 cm³/mol. The molecular formula is C21H18F2N4O4S. The van der Waals surface area contributed by atoms with Crippen LogP contribution in [0, 0.1) is 11.6 Å². The number of rotatable bonds is 7. The number of nitrogens with one attached hydrogen (secondary N) is 3. The summed E-state index contributed by atoms with van der Waals surface area (Å²) in [6, 6.07) is 9.50. The second-order valence-corrected chi connectivity index (χ2v) is 8.24. The van der Waals surface area contributed by atoms with Gasteiger partial charge in [-0.2, -0.15) is 0 Å². The number of amides is 2. The van der Waals surface area contributed by atoms with Crippen LogP contribution in [-0.2, 0) is 14.8 Å². The number of pyridine rings is 1. The summed E-state index contributed by atoms with van der Waals surface area (Å²) < 4.78 is 54.2. The van der Waals surface area contributed by atoms with Gasteiger partial charge in [0.1, 0.15) is 6.04 Å². The van der Waals surface area contributed by atoms with E-state index < -0.39 is 39.5 Å². The minimum atomic E-state index is -3.90. The van der Waals surface area contributed by atoms with Crippen LogP contribution in [-0.4, -0.2) is 32.3 Å². The van der Waals surface area contributed by atoms with Crippen molar-refractivity contribution in [1.82, 2.24) is 15.6 Å². The standard InChI is InChI=1S/C21H18F2N4O4S/c1-24-21(29)19(14-4-7-17(22)18(23)12-14)26-20(28)13-2-5-16(6-3-13)32(30,31)27-15-8-10-25-11-9-15/h2-12,19H,1H3,(H,24,29)(H,25,27)(H,26,28). The molecule has 3 rings (SSSR count). The van der Waals surface area contributed by atoms with E-state index in [-0.39, 0.29) is 16.0 Å². The van der Waals surface area contributed by atoms with Gasteiger partial charge in [0.25, 0.3) is 15.9 Å². The average Bonchev–Trinajstić information content (AvgIpc) is 2.79. The molecule has 0 aliphatic carbocycles. The summed E-state index contributed by atoms with van der Waals surface area (Å²) in [7, 11) is -2.57. The molecule has 32 heavy (non-hydrogen) atoms. The maximum absolute atomic E-state index is 13.6. The first-order chi connectivity index (χ1) is 15.2. The monoisotopic (exact) mass is 460 g/mol. The van der Waals surface area contributed by atoms with Crippen LogP contribution in [0.3, 0.4) is 0 Å². The van der Waals surface area contributed by atoms with E-state index in [4.69, 9.17) is 0 Å². The fraction of sp³-hybridized carbons (Fsp3) is 0.0952. The van der Waals surface area contributed by atoms with E-state index in [1.807, 2.05) is 0 Å². The molecule has 0 saturated heterocycles. The Labute approximate surface area is 182 Å². The van der Waals surface area contributed by atoms with Crippen molar-refractivity contribution in [2.75, 3.05) is 11.8 Å². The Morgan fingerprint density at radius 1 is 0.938 bits per heavy atom. The van der Waals surface area contributed by atoms with E-state index >= 15 is 0 Å². The topological polar surface area (TPSA) is 117 Å². The van der Waals surface area contributed by atoms with Gasteiger partial charge in [0.2, 0.25) is 5.91 Å². The van der Waals surface area contributed by atoms with Crippen molar-refractivity contribution >= 4 is 27.5 Å². The van der Waals surface area contributed by atoms with E-state index in [1.165, 1.54) is 61.9 Å². The van der Waals surface area contributed by atoms with Crippen molar-refractivity contribution in [2.45, 2.75) is 10.9 Å². The van der Waals surface area contributed by atoms with Crippen LogP contribution < -0.4 is 15.4 Å². The predicted octanol–water partition coefficient (Wildman–Crippen LogP) is 2.38. The molecule has 8 nitrogen and oxygen atoms in total. The molecular weight excluding hydrogens is 442 g/mol. The van der Waals surface area contributed by atoms with Crippen LogP contribution in [0.1, 0.15) is 22.0 Å². The molecule has 0 bridgehead atoms. The Balaban J connectivity index is 1.79. The van der Waals surface area contributed by atoms with Gasteiger partial charge in [-0.3, -0.25) is 19.3 Å². The fourth-order valence-electron chi connectivity index (χ4n) is 2.77. The third-order valence-electron chi connectivity index (χ3n) is 4.42. The molecule has 0 radical (unpaired) electrons. The summed E-state index contributed by atoms with van der Waals surface area (Å²) in [5.74, 6) is -3.62. The van der Waals surface area contributed by atoms with Gasteiger partial charge in [-0.15, -0.1) is 0 Å². The van der Waals surface area contributed by atoms with Gasteiger partial charge < -0.3 is 10.6 Å². The highest BCUT2D eigenvalue weighted by molar-refractivity contribution is 7.92. The van der Waals surface area contributed by atoms with Crippen LogP contribution in [0.25, 0.3) is 0 Å². The van der Waals surface area contributed by atoms with Crippen molar-refractivity contribution in [2.24, 2.45) is 0 Å². The Morgan fingerprint density at radius 3 is 2.19 bits per heavy atom. The van der Waals surface area contributed by atoms with Gasteiger partial charge in [0, 0.05) is 25.0 Å². The van der Waals surface area contributed by atoms with Gasteiger partial charge >= 0.3 is 0 Å². The summed E-state index contributed by atoms with van der Waals surface area (Å²) in [5, 5.41) is 4.78. The Morgan fingerprint density at radius 2 is 1.59 bits per heavy atom. The highest BCUT2D eigenvalue weighted by Gasteiger charge is 2.24. The number of sulfonamides is 1. The van der Waals surface area contributed by atoms with E-state index in [9.17, 15) is 26.8 Å². The SMILES string of the molecule is CNC(=O)C(NC(=O)c1ccc(S(=O)(=O)Nc2ccncc2)cc1)c1ccc(F)c(F)c1. The summed E-state index contributed by atoms with van der Waals surface area (Å²) in [6.07, 6.45) is 2.86. The lowest BCUT2D eigenvalue weighted by Crippen LogP contribution is -2.39. The highest BCUT2D eigenvalue weighted by Crippen LogP contribution is 2.19. The zero-order valence-corrected chi connectivity index (χ0v) is 17.5. The molecule has 0 saturated carbocycles. The molecule has 0 aliphatic heterocycles. The fourth-order valence-corrected chi connectivity index (χ4v) is 3.83. The van der Waals surface area contributed by atoms with Crippen molar-refractivity contribution in [1.29, 1.82) is 0 Å². The van der Waals surface area contributed by atoms with Crippen molar-refractivity contribution in [3.8, 4) is 0 Å². The van der Waals surface area contributed by atoms with Crippen molar-refractivity contribution < 1.29 is 26.8 Å². The number of hydrogen-bond donors (Lipinski definition) is 3. The third kappa shape index (κ3) is 5.24. The quantitative estimate of drug-likeness (QED) is 0.501. The van der Waals surface area contributed by atoms with Crippen LogP contribution in [0.5, 0.6) is 0 Å². The number of nitrogens with zero attached hydrogens (tertiary/aromatic N) is 1. The maximum Gasteiger partial charge on any atom is 0.261 e. The first-order valence-electron chi connectivity index (χ1n) is 9.21. The van der Waals surface area contributed by atoms with Crippen LogP contribution >= 0.6 is 0 Å². The number of aromatic nitrogens is 1. The molecule has 1 heterocycles. The number of carbonyl (C=O) groups excluding carboxylic acids is 2. The van der Waals surface area contributed by atoms with Gasteiger partial charge in [-0.25, -0.2) is 17.2 Å². The Hall–Kier alpha value is -3.86.